The summed E-state index contributed by atoms with van der Waals surface area (Å²) in [6.45, 7) is 12.7. The summed E-state index contributed by atoms with van der Waals surface area (Å²) in [6.07, 6.45) is 0. The molecule has 1 aromatic rings. The Labute approximate surface area is 204 Å². The number of likely N-dealkylation sites (N-methyl/N-ethyl adjacent to an activating group) is 1. The molecule has 10 heteroatoms. The van der Waals surface area contributed by atoms with Gasteiger partial charge in [0.1, 0.15) is 0 Å². The molecule has 2 amide bonds. The number of nitrogens with zero attached hydrogens (tertiary/aromatic N) is 5. The van der Waals surface area contributed by atoms with Gasteiger partial charge in [0.05, 0.1) is 18.0 Å². The van der Waals surface area contributed by atoms with Crippen molar-refractivity contribution < 1.29 is 18.0 Å². The number of hydrogen-bond acceptors (Lipinski definition) is 6. The molecule has 0 aliphatic carbocycles. The average Bonchev–Trinajstić information content (AvgIpc) is 2.78. The monoisotopic (exact) mass is 493 g/mol. The first-order chi connectivity index (χ1) is 15.9. The van der Waals surface area contributed by atoms with Gasteiger partial charge in [0.2, 0.25) is 21.8 Å². The van der Waals surface area contributed by atoms with Crippen molar-refractivity contribution in [2.24, 2.45) is 0 Å². The van der Waals surface area contributed by atoms with Gasteiger partial charge in [-0.1, -0.05) is 6.07 Å². The van der Waals surface area contributed by atoms with E-state index in [9.17, 15) is 18.0 Å². The highest BCUT2D eigenvalue weighted by molar-refractivity contribution is 7.89. The third kappa shape index (κ3) is 5.79. The van der Waals surface area contributed by atoms with Crippen molar-refractivity contribution in [2.45, 2.75) is 32.6 Å². The number of carbonyl (C=O) groups is 2. The van der Waals surface area contributed by atoms with Crippen LogP contribution in [0.2, 0.25) is 0 Å². The van der Waals surface area contributed by atoms with Gasteiger partial charge in [0.15, 0.2) is 0 Å². The van der Waals surface area contributed by atoms with Crippen molar-refractivity contribution >= 4 is 21.8 Å². The van der Waals surface area contributed by atoms with E-state index in [0.29, 0.717) is 70.3 Å². The van der Waals surface area contributed by atoms with Crippen LogP contribution in [0.4, 0.5) is 0 Å². The molecule has 190 valence electrons. The lowest BCUT2D eigenvalue weighted by molar-refractivity contribution is -0.135. The molecule has 0 unspecified atom stereocenters. The Hall–Kier alpha value is -2.01. The Bertz CT molecular complexity index is 998. The number of carbonyl (C=O) groups excluding carboxylic acids is 2. The van der Waals surface area contributed by atoms with Crippen LogP contribution in [0.1, 0.15) is 22.3 Å². The topological polar surface area (TPSA) is 84.5 Å². The second-order valence-electron chi connectivity index (χ2n) is 9.71. The summed E-state index contributed by atoms with van der Waals surface area (Å²) in [5, 5.41) is 0. The van der Waals surface area contributed by atoms with Gasteiger partial charge in [-0.3, -0.25) is 19.4 Å². The van der Waals surface area contributed by atoms with Crippen LogP contribution in [0.15, 0.2) is 11.0 Å². The first-order valence-corrected chi connectivity index (χ1v) is 13.4. The fourth-order valence-electron chi connectivity index (χ4n) is 4.60. The molecule has 2 heterocycles. The zero-order valence-electron chi connectivity index (χ0n) is 21.4. The van der Waals surface area contributed by atoms with E-state index < -0.39 is 10.0 Å². The van der Waals surface area contributed by atoms with E-state index in [1.165, 1.54) is 0 Å². The van der Waals surface area contributed by atoms with Crippen molar-refractivity contribution in [3.05, 3.63) is 28.3 Å². The zero-order chi connectivity index (χ0) is 25.2. The van der Waals surface area contributed by atoms with Crippen molar-refractivity contribution in [2.75, 3.05) is 79.5 Å². The van der Waals surface area contributed by atoms with Crippen LogP contribution in [0.3, 0.4) is 0 Å². The minimum atomic E-state index is -3.59. The lowest BCUT2D eigenvalue weighted by Gasteiger charge is -2.38. The summed E-state index contributed by atoms with van der Waals surface area (Å²) < 4.78 is 28.5. The summed E-state index contributed by atoms with van der Waals surface area (Å²) in [5.74, 6) is 0.134. The standard InChI is InChI=1S/C24H39N5O4S/c1-18-15-19(2)21(4)24(20(18)3)34(32,33)29-13-9-27(10-14-29)17-23(31)28-11-7-26(8-12-28)16-22(30)25(5)6/h15H,7-14,16-17H2,1-6H3. The Balaban J connectivity index is 1.53. The summed E-state index contributed by atoms with van der Waals surface area (Å²) in [7, 11) is -0.0935. The molecule has 0 aromatic heterocycles. The minimum Gasteiger partial charge on any atom is -0.348 e. The number of rotatable bonds is 6. The van der Waals surface area contributed by atoms with E-state index in [1.807, 2.05) is 43.6 Å². The van der Waals surface area contributed by atoms with Crippen LogP contribution in [0.5, 0.6) is 0 Å². The largest absolute Gasteiger partial charge is 0.348 e. The van der Waals surface area contributed by atoms with Crippen LogP contribution < -0.4 is 0 Å². The smallest absolute Gasteiger partial charge is 0.243 e. The van der Waals surface area contributed by atoms with Gasteiger partial charge < -0.3 is 9.80 Å². The lowest BCUT2D eigenvalue weighted by Crippen LogP contribution is -2.55. The second kappa shape index (κ2) is 10.7. The normalized spacial score (nSPS) is 18.8. The van der Waals surface area contributed by atoms with Crippen LogP contribution in [0.25, 0.3) is 0 Å². The number of aryl methyl sites for hydroxylation is 2. The Morgan fingerprint density at radius 1 is 0.794 bits per heavy atom. The lowest BCUT2D eigenvalue weighted by atomic mass is 10.0. The van der Waals surface area contributed by atoms with Gasteiger partial charge in [-0.05, 0) is 49.9 Å². The summed E-state index contributed by atoms with van der Waals surface area (Å²) in [4.78, 5) is 32.7. The van der Waals surface area contributed by atoms with Gasteiger partial charge in [-0.25, -0.2) is 8.42 Å². The summed E-state index contributed by atoms with van der Waals surface area (Å²) >= 11 is 0. The van der Waals surface area contributed by atoms with E-state index in [4.69, 9.17) is 0 Å². The van der Waals surface area contributed by atoms with E-state index >= 15 is 0 Å². The summed E-state index contributed by atoms with van der Waals surface area (Å²) in [5.41, 5.74) is 3.59. The van der Waals surface area contributed by atoms with Crippen molar-refractivity contribution in [1.82, 2.24) is 23.9 Å². The number of amides is 2. The fraction of sp³-hybridized carbons (Fsp3) is 0.667. The molecule has 0 radical (unpaired) electrons. The van der Waals surface area contributed by atoms with Crippen LogP contribution >= 0.6 is 0 Å². The van der Waals surface area contributed by atoms with Gasteiger partial charge in [0, 0.05) is 66.5 Å². The molecule has 2 aliphatic rings. The highest BCUT2D eigenvalue weighted by atomic mass is 32.2. The minimum absolute atomic E-state index is 0.0656. The van der Waals surface area contributed by atoms with Crippen LogP contribution in [0, 0.1) is 27.7 Å². The van der Waals surface area contributed by atoms with E-state index in [0.717, 1.165) is 22.3 Å². The molecule has 34 heavy (non-hydrogen) atoms. The molecular formula is C24H39N5O4S. The van der Waals surface area contributed by atoms with Crippen molar-refractivity contribution in [1.29, 1.82) is 0 Å². The maximum Gasteiger partial charge on any atom is 0.243 e. The number of sulfonamides is 1. The summed E-state index contributed by atoms with van der Waals surface area (Å²) in [6, 6.07) is 2.03. The van der Waals surface area contributed by atoms with Crippen LogP contribution in [-0.4, -0.2) is 124 Å². The molecule has 0 atom stereocenters. The predicted octanol–water partition coefficient (Wildman–Crippen LogP) is 0.459. The highest BCUT2D eigenvalue weighted by Crippen LogP contribution is 2.29. The Morgan fingerprint density at radius 3 is 1.76 bits per heavy atom. The maximum absolute atomic E-state index is 13.5. The van der Waals surface area contributed by atoms with Gasteiger partial charge in [-0.15, -0.1) is 0 Å². The molecule has 3 rings (SSSR count). The van der Waals surface area contributed by atoms with Gasteiger partial charge in [-0.2, -0.15) is 4.31 Å². The number of piperazine rings is 2. The van der Waals surface area contributed by atoms with Gasteiger partial charge >= 0.3 is 0 Å². The van der Waals surface area contributed by atoms with Crippen LogP contribution in [-0.2, 0) is 19.6 Å². The van der Waals surface area contributed by atoms with Gasteiger partial charge in [0.25, 0.3) is 0 Å². The van der Waals surface area contributed by atoms with Crippen molar-refractivity contribution in [3.8, 4) is 0 Å². The van der Waals surface area contributed by atoms with E-state index in [-0.39, 0.29) is 11.8 Å². The Morgan fingerprint density at radius 2 is 1.26 bits per heavy atom. The molecule has 9 nitrogen and oxygen atoms in total. The second-order valence-corrected chi connectivity index (χ2v) is 11.6. The molecule has 0 spiro atoms. The maximum atomic E-state index is 13.5. The third-order valence-corrected chi connectivity index (χ3v) is 9.34. The quantitative estimate of drug-likeness (QED) is 0.573. The average molecular weight is 494 g/mol. The van der Waals surface area contributed by atoms with E-state index in [1.54, 1.807) is 23.3 Å². The molecule has 2 saturated heterocycles. The molecule has 2 aliphatic heterocycles. The number of hydrogen-bond donors (Lipinski definition) is 0. The molecular weight excluding hydrogens is 454 g/mol. The fourth-order valence-corrected chi connectivity index (χ4v) is 6.60. The molecule has 0 N–H and O–H groups in total. The number of benzene rings is 1. The zero-order valence-corrected chi connectivity index (χ0v) is 22.2. The molecule has 2 fully saturated rings. The highest BCUT2D eigenvalue weighted by Gasteiger charge is 2.33. The SMILES string of the molecule is Cc1cc(C)c(C)c(S(=O)(=O)N2CCN(CC(=O)N3CCN(CC(=O)N(C)C)CC3)CC2)c1C. The molecule has 0 saturated carbocycles. The van der Waals surface area contributed by atoms with Crippen molar-refractivity contribution in [3.63, 3.8) is 0 Å². The Kier molecular flexibility index (Phi) is 8.38. The predicted molar refractivity (Wildman–Crippen MR) is 132 cm³/mol. The molecule has 1 aromatic carbocycles. The third-order valence-electron chi connectivity index (χ3n) is 7.17. The van der Waals surface area contributed by atoms with E-state index in [2.05, 4.69) is 4.90 Å². The first kappa shape index (κ1) is 26.6. The molecule has 0 bridgehead atoms. The first-order valence-electron chi connectivity index (χ1n) is 11.9.